The summed E-state index contributed by atoms with van der Waals surface area (Å²) in [6.07, 6.45) is 1.81. The van der Waals surface area contributed by atoms with Crippen molar-refractivity contribution < 1.29 is 13.2 Å². The second-order valence-corrected chi connectivity index (χ2v) is 6.33. The van der Waals surface area contributed by atoms with Gasteiger partial charge in [-0.2, -0.15) is 0 Å². The Balaban J connectivity index is 2.23. The molecule has 0 amide bonds. The Bertz CT molecular complexity index is 570. The van der Waals surface area contributed by atoms with E-state index in [9.17, 15) is 8.42 Å². The predicted octanol–water partition coefficient (Wildman–Crippen LogP) is 2.81. The first-order valence-electron chi connectivity index (χ1n) is 5.78. The third-order valence-electron chi connectivity index (χ3n) is 2.95. The smallest absolute Gasteiger partial charge is 0.182 e. The molecule has 1 unspecified atom stereocenters. The van der Waals surface area contributed by atoms with Crippen LogP contribution in [0.5, 0.6) is 0 Å². The molecule has 1 atom stereocenters. The molecular weight excluding hydrogens is 248 g/mol. The zero-order chi connectivity index (χ0) is 13.2. The number of benzene rings is 1. The van der Waals surface area contributed by atoms with Crippen LogP contribution in [-0.4, -0.2) is 14.5 Å². The normalized spacial score (nSPS) is 19.7. The fourth-order valence-corrected chi connectivity index (χ4v) is 3.73. The van der Waals surface area contributed by atoms with Gasteiger partial charge in [-0.15, -0.1) is 0 Å². The second kappa shape index (κ2) is 4.98. The Hall–Kier alpha value is -1.55. The van der Waals surface area contributed by atoms with Gasteiger partial charge in [0.05, 0.1) is 10.7 Å². The lowest BCUT2D eigenvalue weighted by atomic mass is 10.2. The average molecular weight is 264 g/mol. The Morgan fingerprint density at radius 3 is 2.61 bits per heavy atom. The van der Waals surface area contributed by atoms with Crippen LogP contribution in [0.4, 0.5) is 0 Å². The van der Waals surface area contributed by atoms with Gasteiger partial charge in [0, 0.05) is 6.42 Å². The van der Waals surface area contributed by atoms with Crippen molar-refractivity contribution in [3.05, 3.63) is 59.2 Å². The highest BCUT2D eigenvalue weighted by Gasteiger charge is 2.30. The average Bonchev–Trinajstić information content (AvgIpc) is 2.72. The minimum atomic E-state index is -3.30. The molecule has 0 bridgehead atoms. The van der Waals surface area contributed by atoms with Crippen molar-refractivity contribution in [2.24, 2.45) is 0 Å². The second-order valence-electron chi connectivity index (χ2n) is 4.32. The summed E-state index contributed by atoms with van der Waals surface area (Å²) in [4.78, 5) is 0.399. The minimum absolute atomic E-state index is 0.0216. The molecule has 1 aromatic carbocycles. The number of hydrogen-bond acceptors (Lipinski definition) is 3. The van der Waals surface area contributed by atoms with Gasteiger partial charge in [-0.05, 0) is 12.5 Å². The van der Waals surface area contributed by atoms with E-state index in [4.69, 9.17) is 4.74 Å². The molecule has 96 valence electrons. The molecule has 0 aromatic heterocycles. The zero-order valence-electron chi connectivity index (χ0n) is 10.3. The van der Waals surface area contributed by atoms with E-state index in [1.165, 1.54) is 0 Å². The summed E-state index contributed by atoms with van der Waals surface area (Å²) in [6.45, 7) is 5.33. The van der Waals surface area contributed by atoms with Crippen LogP contribution in [0, 0.1) is 0 Å². The van der Waals surface area contributed by atoms with Crippen LogP contribution in [0.25, 0.3) is 0 Å². The SMILES string of the molecule is C=CC1CC(S(=O)(=O)Cc2ccccc2)=C(C)O1. The molecule has 1 heterocycles. The van der Waals surface area contributed by atoms with Crippen LogP contribution in [-0.2, 0) is 20.3 Å². The van der Waals surface area contributed by atoms with Crippen LogP contribution in [0.1, 0.15) is 18.9 Å². The number of allylic oxidation sites excluding steroid dienone is 1. The van der Waals surface area contributed by atoms with E-state index < -0.39 is 9.84 Å². The summed E-state index contributed by atoms with van der Waals surface area (Å²) in [7, 11) is -3.30. The molecule has 1 aliphatic heterocycles. The Kier molecular flexibility index (Phi) is 3.57. The Morgan fingerprint density at radius 1 is 1.39 bits per heavy atom. The van der Waals surface area contributed by atoms with Gasteiger partial charge >= 0.3 is 0 Å². The van der Waals surface area contributed by atoms with Crippen molar-refractivity contribution in [3.8, 4) is 0 Å². The van der Waals surface area contributed by atoms with Gasteiger partial charge in [0.25, 0.3) is 0 Å². The maximum atomic E-state index is 12.3. The van der Waals surface area contributed by atoms with E-state index in [0.717, 1.165) is 5.56 Å². The summed E-state index contributed by atoms with van der Waals surface area (Å²) in [5, 5.41) is 0. The van der Waals surface area contributed by atoms with Crippen LogP contribution >= 0.6 is 0 Å². The first-order chi connectivity index (χ1) is 8.53. The van der Waals surface area contributed by atoms with Gasteiger partial charge < -0.3 is 4.74 Å². The van der Waals surface area contributed by atoms with Crippen LogP contribution in [0.2, 0.25) is 0 Å². The van der Waals surface area contributed by atoms with Gasteiger partial charge in [0.15, 0.2) is 9.84 Å². The Labute approximate surface area is 108 Å². The Morgan fingerprint density at radius 2 is 2.06 bits per heavy atom. The van der Waals surface area contributed by atoms with E-state index in [0.29, 0.717) is 17.1 Å². The summed E-state index contributed by atoms with van der Waals surface area (Å²) >= 11 is 0. The van der Waals surface area contributed by atoms with Crippen LogP contribution < -0.4 is 0 Å². The molecule has 0 saturated heterocycles. The molecule has 0 aliphatic carbocycles. The summed E-state index contributed by atoms with van der Waals surface area (Å²) in [5.74, 6) is 0.518. The third kappa shape index (κ3) is 2.64. The standard InChI is InChI=1S/C14H16O3S/c1-3-13-9-14(11(2)17-13)18(15,16)10-12-7-5-4-6-8-12/h3-8,13H,1,9-10H2,2H3. The van der Waals surface area contributed by atoms with Crippen molar-refractivity contribution in [1.29, 1.82) is 0 Å². The van der Waals surface area contributed by atoms with Crippen molar-refractivity contribution in [1.82, 2.24) is 0 Å². The highest BCUT2D eigenvalue weighted by atomic mass is 32.2. The monoisotopic (exact) mass is 264 g/mol. The van der Waals surface area contributed by atoms with Crippen LogP contribution in [0.15, 0.2) is 53.7 Å². The molecule has 0 N–H and O–H groups in total. The first kappa shape index (κ1) is 12.9. The van der Waals surface area contributed by atoms with E-state index >= 15 is 0 Å². The highest BCUT2D eigenvalue weighted by Crippen LogP contribution is 2.31. The number of hydrogen-bond donors (Lipinski definition) is 0. The first-order valence-corrected chi connectivity index (χ1v) is 7.44. The molecule has 0 radical (unpaired) electrons. The largest absolute Gasteiger partial charge is 0.490 e. The molecule has 1 aliphatic rings. The van der Waals surface area contributed by atoms with Crippen molar-refractivity contribution in [2.45, 2.75) is 25.2 Å². The predicted molar refractivity (Wildman–Crippen MR) is 71.5 cm³/mol. The van der Waals surface area contributed by atoms with E-state index in [1.807, 2.05) is 30.3 Å². The topological polar surface area (TPSA) is 43.4 Å². The molecule has 1 aromatic rings. The fourth-order valence-electron chi connectivity index (χ4n) is 2.02. The number of sulfone groups is 1. The van der Waals surface area contributed by atoms with Gasteiger partial charge in [-0.1, -0.05) is 43.0 Å². The van der Waals surface area contributed by atoms with Gasteiger partial charge in [0.2, 0.25) is 0 Å². The lowest BCUT2D eigenvalue weighted by Gasteiger charge is -2.05. The molecule has 3 nitrogen and oxygen atoms in total. The number of rotatable bonds is 4. The minimum Gasteiger partial charge on any atom is -0.490 e. The molecule has 2 rings (SSSR count). The van der Waals surface area contributed by atoms with E-state index in [2.05, 4.69) is 6.58 Å². The van der Waals surface area contributed by atoms with E-state index in [-0.39, 0.29) is 11.9 Å². The third-order valence-corrected chi connectivity index (χ3v) is 4.86. The van der Waals surface area contributed by atoms with Crippen molar-refractivity contribution >= 4 is 9.84 Å². The molecule has 0 spiro atoms. The summed E-state index contributed by atoms with van der Waals surface area (Å²) < 4.78 is 30.0. The lowest BCUT2D eigenvalue weighted by Crippen LogP contribution is -2.08. The molecule has 0 saturated carbocycles. The fraction of sp³-hybridized carbons (Fsp3) is 0.286. The highest BCUT2D eigenvalue weighted by molar-refractivity contribution is 7.94. The van der Waals surface area contributed by atoms with Gasteiger partial charge in [-0.25, -0.2) is 8.42 Å². The van der Waals surface area contributed by atoms with E-state index in [1.54, 1.807) is 13.0 Å². The summed E-state index contributed by atoms with van der Waals surface area (Å²) in [6, 6.07) is 9.17. The molecule has 4 heteroatoms. The lowest BCUT2D eigenvalue weighted by molar-refractivity contribution is 0.185. The molecule has 18 heavy (non-hydrogen) atoms. The zero-order valence-corrected chi connectivity index (χ0v) is 11.1. The van der Waals surface area contributed by atoms with Gasteiger partial charge in [0.1, 0.15) is 11.9 Å². The summed E-state index contributed by atoms with van der Waals surface area (Å²) in [5.41, 5.74) is 0.792. The van der Waals surface area contributed by atoms with Gasteiger partial charge in [-0.3, -0.25) is 0 Å². The molecule has 0 fully saturated rings. The quantitative estimate of drug-likeness (QED) is 0.785. The maximum absolute atomic E-state index is 12.3. The number of ether oxygens (including phenoxy) is 1. The maximum Gasteiger partial charge on any atom is 0.182 e. The van der Waals surface area contributed by atoms with Crippen LogP contribution in [0.3, 0.4) is 0 Å². The van der Waals surface area contributed by atoms with Crippen molar-refractivity contribution in [3.63, 3.8) is 0 Å². The molecular formula is C14H16O3S. The van der Waals surface area contributed by atoms with Crippen molar-refractivity contribution in [2.75, 3.05) is 0 Å².